The molecule has 2 aromatic carbocycles. The minimum Gasteiger partial charge on any atom is -0.457 e. The molecule has 6 atom stereocenters. The summed E-state index contributed by atoms with van der Waals surface area (Å²) in [6.07, 6.45) is -0.551. The van der Waals surface area contributed by atoms with Crippen molar-refractivity contribution in [2.45, 2.75) is 56.8 Å². The van der Waals surface area contributed by atoms with Crippen molar-refractivity contribution in [3.63, 3.8) is 0 Å². The van der Waals surface area contributed by atoms with Gasteiger partial charge in [0.05, 0.1) is 19.3 Å². The van der Waals surface area contributed by atoms with Crippen LogP contribution in [-0.4, -0.2) is 43.1 Å². The summed E-state index contributed by atoms with van der Waals surface area (Å²) in [6, 6.07) is 19.6. The fourth-order valence-corrected chi connectivity index (χ4v) is 4.09. The number of rotatable bonds is 7. The Bertz CT molecular complexity index is 855. The third kappa shape index (κ3) is 5.22. The third-order valence-electron chi connectivity index (χ3n) is 5.48. The van der Waals surface area contributed by atoms with Crippen LogP contribution in [0.5, 0.6) is 0 Å². The molecule has 6 heteroatoms. The minimum absolute atomic E-state index is 0.327. The quantitative estimate of drug-likeness (QED) is 0.495. The molecule has 0 N–H and O–H groups in total. The first-order valence-corrected chi connectivity index (χ1v) is 10.6. The van der Waals surface area contributed by atoms with Gasteiger partial charge in [-0.2, -0.15) is 0 Å². The second-order valence-electron chi connectivity index (χ2n) is 7.75. The summed E-state index contributed by atoms with van der Waals surface area (Å²) in [4.78, 5) is 12.0. The van der Waals surface area contributed by atoms with Crippen LogP contribution in [0.3, 0.4) is 0 Å². The molecule has 2 aliphatic rings. The standard InChI is InChI=1S/C25H28O6/c1-3-10-20-22(27-15-18-11-6-4-7-12-18)24(29-17(2)26)23-21(30-20)16-28-25(31-23)19-13-8-5-9-14-19/h3-9,11-14,20-25H,1,10,15-16H2,2H3/t20-,21-,22-,23-,24-,25?/m1/s1. The van der Waals surface area contributed by atoms with Crippen molar-refractivity contribution in [1.29, 1.82) is 0 Å². The van der Waals surface area contributed by atoms with Gasteiger partial charge in [0.1, 0.15) is 18.3 Å². The second-order valence-corrected chi connectivity index (χ2v) is 7.75. The molecule has 0 bridgehead atoms. The van der Waals surface area contributed by atoms with Gasteiger partial charge in [-0.05, 0) is 12.0 Å². The van der Waals surface area contributed by atoms with E-state index in [1.54, 1.807) is 6.08 Å². The van der Waals surface area contributed by atoms with Crippen molar-refractivity contribution in [3.05, 3.63) is 84.4 Å². The number of carbonyl (C=O) groups is 1. The number of hydrogen-bond donors (Lipinski definition) is 0. The van der Waals surface area contributed by atoms with E-state index in [4.69, 9.17) is 23.7 Å². The minimum atomic E-state index is -0.625. The molecule has 0 amide bonds. The molecule has 2 heterocycles. The normalized spacial score (nSPS) is 30.2. The van der Waals surface area contributed by atoms with Crippen molar-refractivity contribution in [3.8, 4) is 0 Å². The van der Waals surface area contributed by atoms with Crippen molar-refractivity contribution in [2.75, 3.05) is 6.61 Å². The summed E-state index contributed by atoms with van der Waals surface area (Å²) in [7, 11) is 0. The summed E-state index contributed by atoms with van der Waals surface area (Å²) in [5.74, 6) is -0.386. The summed E-state index contributed by atoms with van der Waals surface area (Å²) in [6.45, 7) is 5.95. The van der Waals surface area contributed by atoms with Gasteiger partial charge in [0.25, 0.3) is 0 Å². The maximum Gasteiger partial charge on any atom is 0.303 e. The lowest BCUT2D eigenvalue weighted by Gasteiger charge is -2.48. The van der Waals surface area contributed by atoms with E-state index in [0.29, 0.717) is 19.6 Å². The molecule has 0 aliphatic carbocycles. The van der Waals surface area contributed by atoms with Crippen molar-refractivity contribution < 1.29 is 28.5 Å². The van der Waals surface area contributed by atoms with Crippen molar-refractivity contribution in [1.82, 2.24) is 0 Å². The highest BCUT2D eigenvalue weighted by Crippen LogP contribution is 2.37. The number of ether oxygens (including phenoxy) is 5. The summed E-state index contributed by atoms with van der Waals surface area (Å²) < 4.78 is 30.5. The molecule has 0 spiro atoms. The van der Waals surface area contributed by atoms with Gasteiger partial charge in [-0.15, -0.1) is 6.58 Å². The second kappa shape index (κ2) is 10.2. The van der Waals surface area contributed by atoms with Gasteiger partial charge in [0.15, 0.2) is 12.4 Å². The molecular formula is C25H28O6. The topological polar surface area (TPSA) is 63.2 Å². The number of hydrogen-bond acceptors (Lipinski definition) is 6. The molecule has 2 fully saturated rings. The van der Waals surface area contributed by atoms with E-state index in [1.807, 2.05) is 60.7 Å². The molecule has 6 nitrogen and oxygen atoms in total. The zero-order valence-electron chi connectivity index (χ0n) is 17.6. The van der Waals surface area contributed by atoms with E-state index in [1.165, 1.54) is 6.92 Å². The Kier molecular flexibility index (Phi) is 7.14. The smallest absolute Gasteiger partial charge is 0.303 e. The molecule has 164 valence electrons. The van der Waals surface area contributed by atoms with E-state index in [9.17, 15) is 4.79 Å². The van der Waals surface area contributed by atoms with Crippen LogP contribution >= 0.6 is 0 Å². The number of carbonyl (C=O) groups excluding carboxylic acids is 1. The Balaban J connectivity index is 1.57. The predicted octanol–water partition coefficient (Wildman–Crippen LogP) is 3.96. The zero-order chi connectivity index (χ0) is 21.6. The maximum atomic E-state index is 12.0. The fraction of sp³-hybridized carbons (Fsp3) is 0.400. The van der Waals surface area contributed by atoms with Crippen LogP contribution in [0, 0.1) is 0 Å². The third-order valence-corrected chi connectivity index (χ3v) is 5.48. The van der Waals surface area contributed by atoms with E-state index in [0.717, 1.165) is 11.1 Å². The van der Waals surface area contributed by atoms with E-state index < -0.39 is 24.6 Å². The molecule has 1 unspecified atom stereocenters. The lowest BCUT2D eigenvalue weighted by atomic mass is 9.92. The van der Waals surface area contributed by atoms with Crippen LogP contribution < -0.4 is 0 Å². The monoisotopic (exact) mass is 424 g/mol. The molecule has 0 aromatic heterocycles. The molecule has 2 aliphatic heterocycles. The van der Waals surface area contributed by atoms with E-state index >= 15 is 0 Å². The Morgan fingerprint density at radius 1 is 1.06 bits per heavy atom. The first-order valence-electron chi connectivity index (χ1n) is 10.6. The van der Waals surface area contributed by atoms with Crippen LogP contribution in [0.4, 0.5) is 0 Å². The predicted molar refractivity (Wildman–Crippen MR) is 114 cm³/mol. The number of fused-ring (bicyclic) bond motifs is 1. The molecule has 0 saturated carbocycles. The SMILES string of the molecule is C=CC[C@H]1O[C@@H]2COC(c3ccccc3)O[C@H]2[C@H](OC(C)=O)[C@@H]1OCc1ccccc1. The Hall–Kier alpha value is -2.51. The summed E-state index contributed by atoms with van der Waals surface area (Å²) >= 11 is 0. The molecule has 4 rings (SSSR count). The number of esters is 1. The van der Waals surface area contributed by atoms with Crippen LogP contribution in [0.15, 0.2) is 73.3 Å². The lowest BCUT2D eigenvalue weighted by molar-refractivity contribution is -0.333. The largest absolute Gasteiger partial charge is 0.457 e. The van der Waals surface area contributed by atoms with Crippen LogP contribution in [0.25, 0.3) is 0 Å². The van der Waals surface area contributed by atoms with E-state index in [-0.39, 0.29) is 18.2 Å². The van der Waals surface area contributed by atoms with Gasteiger partial charge in [0, 0.05) is 12.5 Å². The molecule has 0 radical (unpaired) electrons. The first kappa shape index (κ1) is 21.7. The Morgan fingerprint density at radius 2 is 1.77 bits per heavy atom. The Labute approximate surface area is 182 Å². The van der Waals surface area contributed by atoms with Gasteiger partial charge < -0.3 is 23.7 Å². The Morgan fingerprint density at radius 3 is 2.45 bits per heavy atom. The average Bonchev–Trinajstić information content (AvgIpc) is 2.79. The van der Waals surface area contributed by atoms with Gasteiger partial charge in [-0.25, -0.2) is 0 Å². The highest BCUT2D eigenvalue weighted by atomic mass is 16.7. The lowest BCUT2D eigenvalue weighted by Crippen LogP contribution is -2.63. The first-order chi connectivity index (χ1) is 15.2. The number of benzene rings is 2. The van der Waals surface area contributed by atoms with Gasteiger partial charge in [-0.1, -0.05) is 66.7 Å². The van der Waals surface area contributed by atoms with Gasteiger partial charge in [0.2, 0.25) is 0 Å². The molecule has 2 aromatic rings. The highest BCUT2D eigenvalue weighted by molar-refractivity contribution is 5.66. The van der Waals surface area contributed by atoms with Crippen LogP contribution in [0.2, 0.25) is 0 Å². The van der Waals surface area contributed by atoms with Gasteiger partial charge >= 0.3 is 5.97 Å². The molecular weight excluding hydrogens is 396 g/mol. The fourth-order valence-electron chi connectivity index (χ4n) is 4.09. The summed E-state index contributed by atoms with van der Waals surface area (Å²) in [5.41, 5.74) is 1.93. The zero-order valence-corrected chi connectivity index (χ0v) is 17.6. The van der Waals surface area contributed by atoms with E-state index in [2.05, 4.69) is 6.58 Å². The van der Waals surface area contributed by atoms with Crippen LogP contribution in [-0.2, 0) is 35.1 Å². The van der Waals surface area contributed by atoms with Crippen LogP contribution in [0.1, 0.15) is 30.8 Å². The average molecular weight is 424 g/mol. The van der Waals surface area contributed by atoms with Gasteiger partial charge in [-0.3, -0.25) is 4.79 Å². The van der Waals surface area contributed by atoms with Crippen molar-refractivity contribution >= 4 is 5.97 Å². The maximum absolute atomic E-state index is 12.0. The highest BCUT2D eigenvalue weighted by Gasteiger charge is 2.51. The molecule has 2 saturated heterocycles. The summed E-state index contributed by atoms with van der Waals surface area (Å²) in [5, 5.41) is 0. The molecule has 31 heavy (non-hydrogen) atoms. The van der Waals surface area contributed by atoms with Crippen molar-refractivity contribution in [2.24, 2.45) is 0 Å².